The Morgan fingerprint density at radius 3 is 2.43 bits per heavy atom. The number of aliphatic hydroxyl groups is 2. The molecular formula is C8H17NO5. The summed E-state index contributed by atoms with van der Waals surface area (Å²) < 4.78 is 15.2. The molecular weight excluding hydrogens is 190 g/mol. The van der Waals surface area contributed by atoms with Gasteiger partial charge in [0.15, 0.2) is 6.29 Å². The lowest BCUT2D eigenvalue weighted by Gasteiger charge is -2.41. The van der Waals surface area contributed by atoms with Crippen LogP contribution >= 0.6 is 0 Å². The molecule has 1 heterocycles. The normalized spacial score (nSPS) is 43.9. The fraction of sp³-hybridized carbons (Fsp3) is 1.00. The Hall–Kier alpha value is -0.240. The fourth-order valence-corrected chi connectivity index (χ4v) is 1.59. The maximum absolute atomic E-state index is 9.72. The van der Waals surface area contributed by atoms with Gasteiger partial charge in [-0.1, -0.05) is 0 Å². The Labute approximate surface area is 82.6 Å². The van der Waals surface area contributed by atoms with Gasteiger partial charge >= 0.3 is 0 Å². The average molecular weight is 207 g/mol. The summed E-state index contributed by atoms with van der Waals surface area (Å²) in [7, 11) is 2.86. The molecule has 6 nitrogen and oxygen atoms in total. The van der Waals surface area contributed by atoms with Crippen LogP contribution in [-0.2, 0) is 14.2 Å². The van der Waals surface area contributed by atoms with E-state index < -0.39 is 30.6 Å². The third-order valence-corrected chi connectivity index (χ3v) is 2.40. The average Bonchev–Trinajstić information content (AvgIpc) is 2.21. The van der Waals surface area contributed by atoms with E-state index in [1.165, 1.54) is 14.2 Å². The molecule has 0 bridgehead atoms. The lowest BCUT2D eigenvalue weighted by atomic mass is 9.97. The zero-order valence-electron chi connectivity index (χ0n) is 8.29. The van der Waals surface area contributed by atoms with Crippen molar-refractivity contribution in [3.63, 3.8) is 0 Å². The van der Waals surface area contributed by atoms with Crippen molar-refractivity contribution in [3.05, 3.63) is 0 Å². The highest BCUT2D eigenvalue weighted by molar-refractivity contribution is 4.92. The zero-order valence-corrected chi connectivity index (χ0v) is 8.29. The van der Waals surface area contributed by atoms with Gasteiger partial charge in [-0.3, -0.25) is 0 Å². The van der Waals surface area contributed by atoms with E-state index in [-0.39, 0.29) is 6.61 Å². The van der Waals surface area contributed by atoms with Crippen molar-refractivity contribution in [2.45, 2.75) is 30.6 Å². The highest BCUT2D eigenvalue weighted by Gasteiger charge is 2.43. The second kappa shape index (κ2) is 5.01. The molecule has 0 aromatic rings. The molecule has 5 atom stereocenters. The SMILES string of the molecule is CO[C@H]1C(CO)O[C@@H](OC)[C@@H](N)C1O. The van der Waals surface area contributed by atoms with Crippen LogP contribution < -0.4 is 5.73 Å². The summed E-state index contributed by atoms with van der Waals surface area (Å²) in [6, 6.07) is -0.673. The number of rotatable bonds is 3. The van der Waals surface area contributed by atoms with Crippen molar-refractivity contribution < 1.29 is 24.4 Å². The van der Waals surface area contributed by atoms with Crippen LogP contribution in [0.15, 0.2) is 0 Å². The molecule has 0 radical (unpaired) electrons. The van der Waals surface area contributed by atoms with Crippen LogP contribution in [0.1, 0.15) is 0 Å². The van der Waals surface area contributed by atoms with Gasteiger partial charge < -0.3 is 30.2 Å². The van der Waals surface area contributed by atoms with Crippen LogP contribution in [-0.4, -0.2) is 61.7 Å². The molecule has 84 valence electrons. The molecule has 1 aliphatic heterocycles. The molecule has 0 aromatic carbocycles. The minimum absolute atomic E-state index is 0.248. The number of nitrogens with two attached hydrogens (primary N) is 1. The first-order chi connectivity index (χ1) is 6.65. The highest BCUT2D eigenvalue weighted by Crippen LogP contribution is 2.21. The molecule has 14 heavy (non-hydrogen) atoms. The molecule has 0 aliphatic carbocycles. The summed E-state index contributed by atoms with van der Waals surface area (Å²) >= 11 is 0. The van der Waals surface area contributed by atoms with E-state index >= 15 is 0 Å². The summed E-state index contributed by atoms with van der Waals surface area (Å²) in [5.74, 6) is 0. The Kier molecular flexibility index (Phi) is 4.24. The quantitative estimate of drug-likeness (QED) is 0.498. The topological polar surface area (TPSA) is 94.2 Å². The van der Waals surface area contributed by atoms with Gasteiger partial charge in [0.05, 0.1) is 12.6 Å². The second-order valence-corrected chi connectivity index (χ2v) is 3.23. The van der Waals surface area contributed by atoms with Gasteiger partial charge in [-0.15, -0.1) is 0 Å². The third kappa shape index (κ3) is 2.05. The van der Waals surface area contributed by atoms with Crippen LogP contribution in [0.4, 0.5) is 0 Å². The van der Waals surface area contributed by atoms with E-state index in [1.807, 2.05) is 0 Å². The Balaban J connectivity index is 2.71. The maximum Gasteiger partial charge on any atom is 0.175 e. The predicted molar refractivity (Wildman–Crippen MR) is 47.5 cm³/mol. The molecule has 2 unspecified atom stereocenters. The highest BCUT2D eigenvalue weighted by atomic mass is 16.7. The lowest BCUT2D eigenvalue weighted by molar-refractivity contribution is -0.262. The van der Waals surface area contributed by atoms with Gasteiger partial charge in [0.2, 0.25) is 0 Å². The van der Waals surface area contributed by atoms with E-state index in [0.717, 1.165) is 0 Å². The maximum atomic E-state index is 9.72. The molecule has 1 saturated heterocycles. The molecule has 0 spiro atoms. The molecule has 1 fully saturated rings. The van der Waals surface area contributed by atoms with E-state index in [1.54, 1.807) is 0 Å². The van der Waals surface area contributed by atoms with E-state index in [4.69, 9.17) is 25.1 Å². The summed E-state index contributed by atoms with van der Waals surface area (Å²) in [6.45, 7) is -0.248. The summed E-state index contributed by atoms with van der Waals surface area (Å²) in [5, 5.41) is 18.7. The minimum atomic E-state index is -0.907. The van der Waals surface area contributed by atoms with Crippen LogP contribution in [0, 0.1) is 0 Å². The van der Waals surface area contributed by atoms with Crippen LogP contribution in [0.2, 0.25) is 0 Å². The largest absolute Gasteiger partial charge is 0.394 e. The van der Waals surface area contributed by atoms with Gasteiger partial charge in [-0.05, 0) is 0 Å². The standard InChI is InChI=1S/C8H17NO5/c1-12-7-4(3-10)14-8(13-2)5(9)6(7)11/h4-8,10-11H,3,9H2,1-2H3/t4?,5-,6?,7-,8+/m0/s1. The number of hydrogen-bond donors (Lipinski definition) is 3. The first-order valence-corrected chi connectivity index (χ1v) is 4.41. The van der Waals surface area contributed by atoms with Gasteiger partial charge in [0.25, 0.3) is 0 Å². The van der Waals surface area contributed by atoms with E-state index in [0.29, 0.717) is 0 Å². The minimum Gasteiger partial charge on any atom is -0.394 e. The van der Waals surface area contributed by atoms with Crippen LogP contribution in [0.3, 0.4) is 0 Å². The van der Waals surface area contributed by atoms with Crippen LogP contribution in [0.5, 0.6) is 0 Å². The molecule has 6 heteroatoms. The number of aliphatic hydroxyl groups excluding tert-OH is 2. The number of ether oxygens (including phenoxy) is 3. The molecule has 0 amide bonds. The molecule has 1 rings (SSSR count). The summed E-state index contributed by atoms with van der Waals surface area (Å²) in [4.78, 5) is 0. The number of methoxy groups -OCH3 is 2. The molecule has 1 aliphatic rings. The Morgan fingerprint density at radius 2 is 2.00 bits per heavy atom. The van der Waals surface area contributed by atoms with Crippen molar-refractivity contribution in [3.8, 4) is 0 Å². The Morgan fingerprint density at radius 1 is 1.36 bits per heavy atom. The molecule has 0 aromatic heterocycles. The summed E-state index contributed by atoms with van der Waals surface area (Å²) in [5.41, 5.74) is 5.65. The Bertz CT molecular complexity index is 177. The third-order valence-electron chi connectivity index (χ3n) is 2.40. The monoisotopic (exact) mass is 207 g/mol. The van der Waals surface area contributed by atoms with Gasteiger partial charge in [-0.25, -0.2) is 0 Å². The smallest absolute Gasteiger partial charge is 0.175 e. The fourth-order valence-electron chi connectivity index (χ4n) is 1.59. The van der Waals surface area contributed by atoms with Crippen LogP contribution in [0.25, 0.3) is 0 Å². The van der Waals surface area contributed by atoms with Crippen molar-refractivity contribution in [2.24, 2.45) is 5.73 Å². The first kappa shape index (κ1) is 11.8. The van der Waals surface area contributed by atoms with Crippen molar-refractivity contribution in [1.82, 2.24) is 0 Å². The lowest BCUT2D eigenvalue weighted by Crippen LogP contribution is -2.62. The first-order valence-electron chi connectivity index (χ1n) is 4.41. The molecule has 0 saturated carbocycles. The number of hydrogen-bond acceptors (Lipinski definition) is 6. The van der Waals surface area contributed by atoms with Crippen molar-refractivity contribution in [2.75, 3.05) is 20.8 Å². The second-order valence-electron chi connectivity index (χ2n) is 3.23. The predicted octanol–water partition coefficient (Wildman–Crippen LogP) is -1.95. The van der Waals surface area contributed by atoms with Gasteiger partial charge in [0.1, 0.15) is 18.3 Å². The van der Waals surface area contributed by atoms with Crippen molar-refractivity contribution >= 4 is 0 Å². The van der Waals surface area contributed by atoms with Crippen molar-refractivity contribution in [1.29, 1.82) is 0 Å². The van der Waals surface area contributed by atoms with Gasteiger partial charge in [0, 0.05) is 14.2 Å². The summed E-state index contributed by atoms with van der Waals surface area (Å²) in [6.07, 6.45) is -2.86. The van der Waals surface area contributed by atoms with E-state index in [2.05, 4.69) is 0 Å². The molecule has 4 N–H and O–H groups in total. The van der Waals surface area contributed by atoms with Gasteiger partial charge in [-0.2, -0.15) is 0 Å². The zero-order chi connectivity index (χ0) is 10.7. The van der Waals surface area contributed by atoms with E-state index in [9.17, 15) is 5.11 Å².